The van der Waals surface area contributed by atoms with E-state index >= 15 is 0 Å². The zero-order chi connectivity index (χ0) is 10.4. The van der Waals surface area contributed by atoms with Crippen molar-refractivity contribution < 1.29 is 4.74 Å². The molecule has 0 aliphatic rings. The van der Waals surface area contributed by atoms with E-state index in [1.54, 1.807) is 18.9 Å². The second kappa shape index (κ2) is 5.94. The Morgan fingerprint density at radius 2 is 2.21 bits per heavy atom. The average Bonchev–Trinajstić information content (AvgIpc) is 2.26. The van der Waals surface area contributed by atoms with E-state index in [-0.39, 0.29) is 0 Å². The minimum Gasteiger partial charge on any atom is -0.496 e. The third-order valence-corrected chi connectivity index (χ3v) is 2.87. The number of rotatable bonds is 5. The van der Waals surface area contributed by atoms with Gasteiger partial charge in [-0.05, 0) is 43.3 Å². The lowest BCUT2D eigenvalue weighted by atomic mass is 10.1. The van der Waals surface area contributed by atoms with E-state index in [2.05, 4.69) is 24.5 Å². The molecule has 1 rings (SSSR count). The summed E-state index contributed by atoms with van der Waals surface area (Å²) in [5.41, 5.74) is 6.73. The maximum atomic E-state index is 5.48. The second-order valence-corrected chi connectivity index (χ2v) is 3.95. The summed E-state index contributed by atoms with van der Waals surface area (Å²) in [6.45, 7) is 0.730. The van der Waals surface area contributed by atoms with Crippen molar-refractivity contribution in [3.8, 4) is 5.75 Å². The van der Waals surface area contributed by atoms with E-state index in [9.17, 15) is 0 Å². The van der Waals surface area contributed by atoms with Gasteiger partial charge >= 0.3 is 0 Å². The number of nitrogens with two attached hydrogens (primary N) is 1. The lowest BCUT2D eigenvalue weighted by Crippen LogP contribution is -2.01. The number of thioether (sulfide) groups is 1. The lowest BCUT2D eigenvalue weighted by Gasteiger charge is -2.09. The Bertz CT molecular complexity index is 289. The van der Waals surface area contributed by atoms with Crippen LogP contribution in [0.15, 0.2) is 23.1 Å². The maximum Gasteiger partial charge on any atom is 0.123 e. The molecule has 0 fully saturated rings. The maximum absolute atomic E-state index is 5.48. The normalized spacial score (nSPS) is 10.2. The van der Waals surface area contributed by atoms with Crippen LogP contribution >= 0.6 is 11.8 Å². The molecule has 3 heteroatoms. The van der Waals surface area contributed by atoms with E-state index in [0.717, 1.165) is 25.1 Å². The van der Waals surface area contributed by atoms with E-state index in [1.165, 1.54) is 10.5 Å². The molecule has 0 bridgehead atoms. The zero-order valence-electron chi connectivity index (χ0n) is 8.75. The molecular weight excluding hydrogens is 194 g/mol. The fourth-order valence-corrected chi connectivity index (χ4v) is 1.78. The number of aryl methyl sites for hydroxylation is 1. The molecule has 1 aromatic rings. The van der Waals surface area contributed by atoms with Gasteiger partial charge in [0.25, 0.3) is 0 Å². The Labute approximate surface area is 89.8 Å². The van der Waals surface area contributed by atoms with Crippen molar-refractivity contribution in [3.63, 3.8) is 0 Å². The highest BCUT2D eigenvalue weighted by molar-refractivity contribution is 7.98. The first-order valence-corrected chi connectivity index (χ1v) is 5.95. The molecule has 0 saturated carbocycles. The first kappa shape index (κ1) is 11.4. The summed E-state index contributed by atoms with van der Waals surface area (Å²) in [5.74, 6) is 0.977. The quantitative estimate of drug-likeness (QED) is 0.759. The average molecular weight is 211 g/mol. The largest absolute Gasteiger partial charge is 0.496 e. The smallest absolute Gasteiger partial charge is 0.123 e. The minimum absolute atomic E-state index is 0.730. The van der Waals surface area contributed by atoms with Gasteiger partial charge in [0.15, 0.2) is 0 Å². The van der Waals surface area contributed by atoms with Crippen LogP contribution in [0.1, 0.15) is 12.0 Å². The highest BCUT2D eigenvalue weighted by Gasteiger charge is 2.03. The van der Waals surface area contributed by atoms with Gasteiger partial charge in [0.05, 0.1) is 7.11 Å². The molecule has 0 radical (unpaired) electrons. The first-order chi connectivity index (χ1) is 6.81. The lowest BCUT2D eigenvalue weighted by molar-refractivity contribution is 0.408. The predicted octanol–water partition coefficient (Wildman–Crippen LogP) is 2.31. The molecule has 78 valence electrons. The van der Waals surface area contributed by atoms with Crippen LogP contribution in [0.2, 0.25) is 0 Å². The summed E-state index contributed by atoms with van der Waals surface area (Å²) in [6.07, 6.45) is 4.07. The third-order valence-electron chi connectivity index (χ3n) is 2.14. The summed E-state index contributed by atoms with van der Waals surface area (Å²) < 4.78 is 5.33. The first-order valence-electron chi connectivity index (χ1n) is 4.72. The van der Waals surface area contributed by atoms with Gasteiger partial charge in [-0.1, -0.05) is 6.07 Å². The van der Waals surface area contributed by atoms with Crippen molar-refractivity contribution in [2.24, 2.45) is 5.73 Å². The van der Waals surface area contributed by atoms with Gasteiger partial charge in [-0.2, -0.15) is 0 Å². The number of hydrogen-bond donors (Lipinski definition) is 1. The fraction of sp³-hybridized carbons (Fsp3) is 0.455. The van der Waals surface area contributed by atoms with E-state index in [1.807, 2.05) is 0 Å². The molecule has 0 unspecified atom stereocenters. The van der Waals surface area contributed by atoms with E-state index in [4.69, 9.17) is 10.5 Å². The van der Waals surface area contributed by atoms with Crippen LogP contribution in [0.5, 0.6) is 5.75 Å². The minimum atomic E-state index is 0.730. The summed E-state index contributed by atoms with van der Waals surface area (Å²) >= 11 is 1.73. The van der Waals surface area contributed by atoms with Gasteiger partial charge < -0.3 is 10.5 Å². The Morgan fingerprint density at radius 3 is 2.79 bits per heavy atom. The summed E-state index contributed by atoms with van der Waals surface area (Å²) in [4.78, 5) is 1.23. The highest BCUT2D eigenvalue weighted by Crippen LogP contribution is 2.25. The molecule has 0 amide bonds. The van der Waals surface area contributed by atoms with Crippen molar-refractivity contribution in [2.75, 3.05) is 19.9 Å². The molecule has 0 saturated heterocycles. The van der Waals surface area contributed by atoms with Gasteiger partial charge in [0.2, 0.25) is 0 Å². The van der Waals surface area contributed by atoms with Gasteiger partial charge in [0.1, 0.15) is 5.75 Å². The number of hydrogen-bond acceptors (Lipinski definition) is 3. The predicted molar refractivity (Wildman–Crippen MR) is 62.2 cm³/mol. The van der Waals surface area contributed by atoms with Crippen molar-refractivity contribution in [3.05, 3.63) is 23.8 Å². The zero-order valence-corrected chi connectivity index (χ0v) is 9.56. The Hall–Kier alpha value is -0.670. The van der Waals surface area contributed by atoms with Crippen molar-refractivity contribution in [2.45, 2.75) is 17.7 Å². The van der Waals surface area contributed by atoms with Crippen LogP contribution < -0.4 is 10.5 Å². The molecule has 0 atom stereocenters. The molecule has 0 aliphatic carbocycles. The van der Waals surface area contributed by atoms with Gasteiger partial charge in [0, 0.05) is 4.90 Å². The van der Waals surface area contributed by atoms with E-state index in [0.29, 0.717) is 0 Å². The van der Waals surface area contributed by atoms with Gasteiger partial charge in [-0.3, -0.25) is 0 Å². The summed E-state index contributed by atoms with van der Waals surface area (Å²) in [6, 6.07) is 6.33. The van der Waals surface area contributed by atoms with Crippen molar-refractivity contribution in [1.29, 1.82) is 0 Å². The standard InChI is InChI=1S/C11H17NOS/c1-13-11-8-10(14-2)6-5-9(11)4-3-7-12/h5-6,8H,3-4,7,12H2,1-2H3. The van der Waals surface area contributed by atoms with Crippen LogP contribution in [0.3, 0.4) is 0 Å². The fourth-order valence-electron chi connectivity index (χ4n) is 1.35. The van der Waals surface area contributed by atoms with Crippen molar-refractivity contribution in [1.82, 2.24) is 0 Å². The van der Waals surface area contributed by atoms with Crippen LogP contribution in [0, 0.1) is 0 Å². The SMILES string of the molecule is COc1cc(SC)ccc1CCCN. The molecule has 0 spiro atoms. The Morgan fingerprint density at radius 1 is 1.43 bits per heavy atom. The van der Waals surface area contributed by atoms with Crippen LogP contribution in [-0.4, -0.2) is 19.9 Å². The molecule has 14 heavy (non-hydrogen) atoms. The number of methoxy groups -OCH3 is 1. The molecule has 2 nitrogen and oxygen atoms in total. The highest BCUT2D eigenvalue weighted by atomic mass is 32.2. The van der Waals surface area contributed by atoms with E-state index < -0.39 is 0 Å². The van der Waals surface area contributed by atoms with Gasteiger partial charge in [-0.25, -0.2) is 0 Å². The summed E-state index contributed by atoms with van der Waals surface area (Å²) in [7, 11) is 1.71. The van der Waals surface area contributed by atoms with Gasteiger partial charge in [-0.15, -0.1) is 11.8 Å². The Balaban J connectivity index is 2.82. The van der Waals surface area contributed by atoms with Crippen LogP contribution in [0.25, 0.3) is 0 Å². The molecule has 0 heterocycles. The molecule has 2 N–H and O–H groups in total. The third kappa shape index (κ3) is 2.93. The van der Waals surface area contributed by atoms with Crippen molar-refractivity contribution >= 4 is 11.8 Å². The monoisotopic (exact) mass is 211 g/mol. The second-order valence-electron chi connectivity index (χ2n) is 3.07. The van der Waals surface area contributed by atoms with Crippen LogP contribution in [0.4, 0.5) is 0 Å². The molecular formula is C11H17NOS. The Kier molecular flexibility index (Phi) is 4.84. The topological polar surface area (TPSA) is 35.2 Å². The van der Waals surface area contributed by atoms with Crippen LogP contribution in [-0.2, 0) is 6.42 Å². The molecule has 0 aromatic heterocycles. The summed E-state index contributed by atoms with van der Waals surface area (Å²) in [5, 5.41) is 0. The number of benzene rings is 1. The number of ether oxygens (including phenoxy) is 1. The molecule has 1 aromatic carbocycles. The molecule has 0 aliphatic heterocycles.